The van der Waals surface area contributed by atoms with Gasteiger partial charge in [-0.3, -0.25) is 4.79 Å². The first-order chi connectivity index (χ1) is 6.38. The molecule has 0 spiro atoms. The molecule has 1 amide bonds. The maximum Gasteiger partial charge on any atom is 0.285 e. The first-order valence-electron chi connectivity index (χ1n) is 3.91. The predicted octanol–water partition coefficient (Wildman–Crippen LogP) is 2.58. The molecule has 3 nitrogen and oxygen atoms in total. The number of nitrogens with zero attached hydrogens (tertiary/aromatic N) is 1. The lowest BCUT2D eigenvalue weighted by Crippen LogP contribution is -1.97. The van der Waals surface area contributed by atoms with Crippen molar-refractivity contribution in [2.24, 2.45) is 4.36 Å². The molecule has 0 radical (unpaired) electrons. The molecule has 0 bridgehead atoms. The van der Waals surface area contributed by atoms with Crippen molar-refractivity contribution in [1.82, 2.24) is 0 Å². The molecule has 1 aromatic rings. The van der Waals surface area contributed by atoms with Gasteiger partial charge in [0.2, 0.25) is 0 Å². The van der Waals surface area contributed by atoms with Crippen LogP contribution in [0.2, 0.25) is 0 Å². The minimum absolute atomic E-state index is 0.424. The van der Waals surface area contributed by atoms with Crippen molar-refractivity contribution in [2.45, 2.75) is 6.92 Å². The van der Waals surface area contributed by atoms with E-state index in [0.717, 1.165) is 5.56 Å². The molecule has 0 fully saturated rings. The second-order valence-electron chi connectivity index (χ2n) is 2.97. The second-order valence-corrected chi connectivity index (χ2v) is 9.48. The fourth-order valence-electron chi connectivity index (χ4n) is 0.897. The highest BCUT2D eigenvalue weighted by molar-refractivity contribution is 14.2. The zero-order valence-electron chi connectivity index (χ0n) is 7.86. The summed E-state index contributed by atoms with van der Waals surface area (Å²) in [6.45, 7) is -0.449. The second kappa shape index (κ2) is 4.39. The van der Waals surface area contributed by atoms with E-state index >= 15 is 0 Å². The van der Waals surface area contributed by atoms with E-state index < -0.39 is 12.8 Å². The Labute approximate surface area is 95.7 Å². The van der Waals surface area contributed by atoms with Gasteiger partial charge in [0.05, 0.1) is 0 Å². The van der Waals surface area contributed by atoms with Gasteiger partial charge in [0.25, 0.3) is 5.91 Å². The standard InChI is InChI=1S/C9H10INO2S/c1-7-3-5-8(6-4-7)9(12)11-14(2,10)13/h3-6H,1-2H3. The molecular formula is C9H10INO2S. The van der Waals surface area contributed by atoms with Crippen LogP contribution >= 0.6 is 21.2 Å². The molecule has 0 aliphatic rings. The monoisotopic (exact) mass is 323 g/mol. The summed E-state index contributed by atoms with van der Waals surface area (Å²) in [5, 5.41) is 0. The van der Waals surface area contributed by atoms with Gasteiger partial charge < -0.3 is 0 Å². The summed E-state index contributed by atoms with van der Waals surface area (Å²) in [5.74, 6) is -0.424. The number of carbonyl (C=O) groups is 1. The molecule has 1 unspecified atom stereocenters. The molecule has 0 saturated heterocycles. The van der Waals surface area contributed by atoms with Crippen LogP contribution in [0.3, 0.4) is 0 Å². The third kappa shape index (κ3) is 3.75. The molecule has 5 heteroatoms. The summed E-state index contributed by atoms with van der Waals surface area (Å²) in [4.78, 5) is 11.4. The van der Waals surface area contributed by atoms with Crippen molar-refractivity contribution in [3.63, 3.8) is 0 Å². The van der Waals surface area contributed by atoms with Crippen LogP contribution in [-0.4, -0.2) is 16.4 Å². The Kier molecular flexibility index (Phi) is 3.65. The number of amides is 1. The average molecular weight is 323 g/mol. The predicted molar refractivity (Wildman–Crippen MR) is 66.0 cm³/mol. The van der Waals surface area contributed by atoms with Gasteiger partial charge in [0.1, 0.15) is 6.90 Å². The molecular weight excluding hydrogens is 313 g/mol. The Hall–Kier alpha value is -0.430. The number of hydrogen-bond acceptors (Lipinski definition) is 2. The Morgan fingerprint density at radius 1 is 1.36 bits per heavy atom. The lowest BCUT2D eigenvalue weighted by molar-refractivity contribution is 0.100. The van der Waals surface area contributed by atoms with E-state index in [4.69, 9.17) is 0 Å². The summed E-state index contributed by atoms with van der Waals surface area (Å²) < 4.78 is 14.8. The maximum atomic E-state index is 11.4. The van der Waals surface area contributed by atoms with Crippen LogP contribution in [0.25, 0.3) is 0 Å². The Bertz CT molecular complexity index is 450. The van der Waals surface area contributed by atoms with E-state index in [1.54, 1.807) is 33.3 Å². The average Bonchev–Trinajstić information content (AvgIpc) is 2.02. The van der Waals surface area contributed by atoms with Gasteiger partial charge in [-0.05, 0) is 19.1 Å². The van der Waals surface area contributed by atoms with Gasteiger partial charge in [-0.25, -0.2) is 4.21 Å². The number of halogens is 1. The van der Waals surface area contributed by atoms with E-state index in [-0.39, 0.29) is 0 Å². The molecule has 0 aliphatic heterocycles. The van der Waals surface area contributed by atoms with Crippen LogP contribution in [0.5, 0.6) is 0 Å². The number of aryl methyl sites for hydroxylation is 1. The molecule has 0 saturated carbocycles. The smallest absolute Gasteiger partial charge is 0.266 e. The van der Waals surface area contributed by atoms with Gasteiger partial charge in [0.15, 0.2) is 0 Å². The van der Waals surface area contributed by atoms with Crippen molar-refractivity contribution >= 4 is 34.0 Å². The minimum Gasteiger partial charge on any atom is -0.266 e. The van der Waals surface area contributed by atoms with Crippen molar-refractivity contribution < 1.29 is 9.00 Å². The van der Waals surface area contributed by atoms with Gasteiger partial charge in [0, 0.05) is 33.0 Å². The number of carbonyl (C=O) groups excluding carboxylic acids is 1. The van der Waals surface area contributed by atoms with Gasteiger partial charge >= 0.3 is 0 Å². The lowest BCUT2D eigenvalue weighted by atomic mass is 10.1. The molecule has 0 heterocycles. The van der Waals surface area contributed by atoms with E-state index in [2.05, 4.69) is 4.36 Å². The summed E-state index contributed by atoms with van der Waals surface area (Å²) in [7, 11) is 0. The minimum atomic E-state index is -2.39. The van der Waals surface area contributed by atoms with Crippen LogP contribution in [0, 0.1) is 6.92 Å². The zero-order valence-corrected chi connectivity index (χ0v) is 10.8. The Morgan fingerprint density at radius 2 is 1.86 bits per heavy atom. The molecule has 0 aromatic heterocycles. The van der Waals surface area contributed by atoms with E-state index in [1.807, 2.05) is 19.1 Å². The van der Waals surface area contributed by atoms with Crippen LogP contribution in [0.15, 0.2) is 28.6 Å². The highest BCUT2D eigenvalue weighted by Gasteiger charge is 2.05. The van der Waals surface area contributed by atoms with Crippen LogP contribution < -0.4 is 0 Å². The van der Waals surface area contributed by atoms with Crippen molar-refractivity contribution in [1.29, 1.82) is 0 Å². The van der Waals surface area contributed by atoms with E-state index in [1.165, 1.54) is 6.26 Å². The summed E-state index contributed by atoms with van der Waals surface area (Å²) in [6.07, 6.45) is 1.43. The van der Waals surface area contributed by atoms with Crippen LogP contribution in [-0.2, 0) is 6.90 Å². The number of hydrogen-bond donors (Lipinski definition) is 0. The Morgan fingerprint density at radius 3 is 2.29 bits per heavy atom. The normalized spacial score (nSPS) is 14.5. The molecule has 1 aromatic carbocycles. The largest absolute Gasteiger partial charge is 0.285 e. The van der Waals surface area contributed by atoms with Crippen molar-refractivity contribution in [3.8, 4) is 0 Å². The van der Waals surface area contributed by atoms with Gasteiger partial charge in [-0.2, -0.15) is 0 Å². The van der Waals surface area contributed by atoms with Crippen molar-refractivity contribution in [3.05, 3.63) is 35.4 Å². The van der Waals surface area contributed by atoms with Crippen LogP contribution in [0.4, 0.5) is 0 Å². The fraction of sp³-hybridized carbons (Fsp3) is 0.222. The summed E-state index contributed by atoms with van der Waals surface area (Å²) in [6, 6.07) is 7.02. The third-order valence-electron chi connectivity index (χ3n) is 1.54. The quantitative estimate of drug-likeness (QED) is 0.589. The lowest BCUT2D eigenvalue weighted by Gasteiger charge is -1.96. The molecule has 1 atom stereocenters. The van der Waals surface area contributed by atoms with Gasteiger partial charge in [-0.15, -0.1) is 4.36 Å². The molecule has 14 heavy (non-hydrogen) atoms. The molecule has 0 aliphatic carbocycles. The topological polar surface area (TPSA) is 46.5 Å². The maximum absolute atomic E-state index is 11.4. The highest BCUT2D eigenvalue weighted by atomic mass is 127. The van der Waals surface area contributed by atoms with E-state index in [0.29, 0.717) is 5.56 Å². The highest BCUT2D eigenvalue weighted by Crippen LogP contribution is 2.09. The third-order valence-corrected chi connectivity index (χ3v) is 2.63. The summed E-state index contributed by atoms with van der Waals surface area (Å²) in [5.41, 5.74) is 1.55. The number of benzene rings is 1. The summed E-state index contributed by atoms with van der Waals surface area (Å²) >= 11 is 1.67. The molecule has 76 valence electrons. The first kappa shape index (κ1) is 11.6. The first-order valence-corrected chi connectivity index (χ1v) is 8.38. The van der Waals surface area contributed by atoms with E-state index in [9.17, 15) is 9.00 Å². The SMILES string of the molecule is Cc1ccc(C(=O)N=S(C)(=O)I)cc1. The zero-order chi connectivity index (χ0) is 10.8. The molecule has 1 rings (SSSR count). The fourth-order valence-corrected chi connectivity index (χ4v) is 1.84. The van der Waals surface area contributed by atoms with Crippen LogP contribution in [0.1, 0.15) is 15.9 Å². The number of rotatable bonds is 1. The van der Waals surface area contributed by atoms with Crippen molar-refractivity contribution in [2.75, 3.05) is 6.26 Å². The van der Waals surface area contributed by atoms with Gasteiger partial charge in [-0.1, -0.05) is 17.7 Å². The Balaban J connectivity index is 3.03. The molecule has 0 N–H and O–H groups in total.